The van der Waals surface area contributed by atoms with E-state index in [2.05, 4.69) is 0 Å². The third-order valence-electron chi connectivity index (χ3n) is 9.65. The third kappa shape index (κ3) is 9.06. The number of ether oxygens (including phenoxy) is 1. The van der Waals surface area contributed by atoms with Crippen LogP contribution in [0.5, 0.6) is 0 Å². The second-order valence-corrected chi connectivity index (χ2v) is 15.5. The fourth-order valence-electron chi connectivity index (χ4n) is 6.92. The number of rotatable bonds is 8. The number of hydrogen-bond donors (Lipinski definition) is 0. The van der Waals surface area contributed by atoms with Gasteiger partial charge in [0.25, 0.3) is 0 Å². The number of amides is 2. The van der Waals surface area contributed by atoms with Gasteiger partial charge >= 0.3 is 18.4 Å². The molecule has 0 saturated carbocycles. The Hall–Kier alpha value is -4.18. The van der Waals surface area contributed by atoms with Crippen LogP contribution < -0.4 is 0 Å². The minimum absolute atomic E-state index is 0.00899. The summed E-state index contributed by atoms with van der Waals surface area (Å²) in [6, 6.07) is 14.1. The highest BCUT2D eigenvalue weighted by Gasteiger charge is 2.44. The molecule has 2 heterocycles. The van der Waals surface area contributed by atoms with E-state index in [4.69, 9.17) is 4.74 Å². The molecule has 0 radical (unpaired) electrons. The first-order valence-corrected chi connectivity index (χ1v) is 18.1. The van der Waals surface area contributed by atoms with Crippen molar-refractivity contribution < 1.29 is 53.5 Å². The number of likely N-dealkylation sites (tertiary alicyclic amines) is 1. The monoisotopic (exact) mass is 757 g/mol. The summed E-state index contributed by atoms with van der Waals surface area (Å²) >= 11 is 0. The topological polar surface area (TPSA) is 87.2 Å². The number of carbonyl (C=O) groups excluding carboxylic acids is 2. The highest BCUT2D eigenvalue weighted by molar-refractivity contribution is 7.89. The van der Waals surface area contributed by atoms with Gasteiger partial charge in [-0.1, -0.05) is 36.4 Å². The number of aryl methyl sites for hydroxylation is 1. The maximum absolute atomic E-state index is 14.1. The van der Waals surface area contributed by atoms with Gasteiger partial charge in [0.2, 0.25) is 15.9 Å². The van der Waals surface area contributed by atoms with E-state index < -0.39 is 75.0 Å². The number of benzene rings is 3. The molecule has 3 aromatic rings. The van der Waals surface area contributed by atoms with E-state index in [0.717, 1.165) is 10.5 Å². The Morgan fingerprint density at radius 3 is 2.04 bits per heavy atom. The van der Waals surface area contributed by atoms with Crippen LogP contribution in [0.25, 0.3) is 0 Å². The van der Waals surface area contributed by atoms with Crippen LogP contribution in [0.15, 0.2) is 66.7 Å². The molecule has 2 aliphatic rings. The summed E-state index contributed by atoms with van der Waals surface area (Å²) < 4.78 is 130. The zero-order valence-electron chi connectivity index (χ0n) is 28.4. The zero-order valence-corrected chi connectivity index (χ0v) is 29.2. The first-order valence-electron chi connectivity index (χ1n) is 16.6. The normalized spacial score (nSPS) is 19.4. The molecule has 2 fully saturated rings. The molecule has 0 spiro atoms. The van der Waals surface area contributed by atoms with Crippen molar-refractivity contribution in [2.75, 3.05) is 33.2 Å². The Labute approximate surface area is 297 Å². The molecule has 2 saturated heterocycles. The van der Waals surface area contributed by atoms with Crippen molar-refractivity contribution in [2.24, 2.45) is 5.92 Å². The smallest absolute Gasteiger partial charge is 0.416 e. The van der Waals surface area contributed by atoms with Gasteiger partial charge in [0.15, 0.2) is 0 Å². The molecule has 8 nitrogen and oxygen atoms in total. The van der Waals surface area contributed by atoms with Crippen LogP contribution in [0.1, 0.15) is 58.6 Å². The van der Waals surface area contributed by atoms with E-state index in [0.29, 0.717) is 23.3 Å². The second kappa shape index (κ2) is 15.4. The maximum atomic E-state index is 14.1. The second-order valence-electron chi connectivity index (χ2n) is 13.2. The molecule has 0 aromatic heterocycles. The van der Waals surface area contributed by atoms with Gasteiger partial charge in [-0.25, -0.2) is 21.9 Å². The molecule has 16 heteroatoms. The maximum Gasteiger partial charge on any atom is 0.416 e. The number of alkyl halides is 6. The number of piperidine rings is 2. The van der Waals surface area contributed by atoms with Crippen molar-refractivity contribution in [3.8, 4) is 0 Å². The first kappa shape index (κ1) is 39.0. The van der Waals surface area contributed by atoms with Crippen LogP contribution >= 0.6 is 0 Å². The molecule has 5 rings (SSSR count). The van der Waals surface area contributed by atoms with Crippen LogP contribution in [-0.2, 0) is 45.1 Å². The SMILES string of the molecule is Cc1cc(F)ccc1[C@@H]1CN(S(=O)(=O)C2CCN(C(=O)OCc3ccccc3)CC2)CC[C@H]1C(=O)N(C)Cc1cc(C(F)(F)F)cc(C(F)(F)F)c1. The van der Waals surface area contributed by atoms with Gasteiger partial charge in [0.1, 0.15) is 12.4 Å². The van der Waals surface area contributed by atoms with E-state index in [9.17, 15) is 48.7 Å². The molecule has 0 bridgehead atoms. The Morgan fingerprint density at radius 2 is 1.46 bits per heavy atom. The molecular weight excluding hydrogens is 719 g/mol. The van der Waals surface area contributed by atoms with Gasteiger partial charge in [-0.15, -0.1) is 0 Å². The quantitative estimate of drug-likeness (QED) is 0.224. The number of carbonyl (C=O) groups is 2. The van der Waals surface area contributed by atoms with Crippen molar-refractivity contribution >= 4 is 22.0 Å². The average molecular weight is 758 g/mol. The van der Waals surface area contributed by atoms with Crippen LogP contribution in [-0.4, -0.2) is 73.0 Å². The Balaban J connectivity index is 1.31. The highest BCUT2D eigenvalue weighted by Crippen LogP contribution is 2.39. The molecule has 0 unspecified atom stereocenters. The molecule has 282 valence electrons. The predicted molar refractivity (Wildman–Crippen MR) is 177 cm³/mol. The van der Waals surface area contributed by atoms with Gasteiger partial charge in [-0.3, -0.25) is 4.79 Å². The van der Waals surface area contributed by atoms with E-state index in [1.165, 1.54) is 34.5 Å². The lowest BCUT2D eigenvalue weighted by molar-refractivity contribution is -0.143. The Morgan fingerprint density at radius 1 is 0.846 bits per heavy atom. The minimum atomic E-state index is -5.07. The average Bonchev–Trinajstić information content (AvgIpc) is 3.09. The largest absolute Gasteiger partial charge is 0.445 e. The lowest BCUT2D eigenvalue weighted by Crippen LogP contribution is -2.52. The van der Waals surface area contributed by atoms with Crippen LogP contribution in [0, 0.1) is 18.7 Å². The number of nitrogens with zero attached hydrogens (tertiary/aromatic N) is 3. The van der Waals surface area contributed by atoms with Gasteiger partial charge in [-0.2, -0.15) is 26.3 Å². The summed E-state index contributed by atoms with van der Waals surface area (Å²) in [4.78, 5) is 29.1. The zero-order chi connectivity index (χ0) is 38.0. The van der Waals surface area contributed by atoms with E-state index in [1.807, 2.05) is 30.3 Å². The summed E-state index contributed by atoms with van der Waals surface area (Å²) in [7, 11) is -2.71. The molecule has 52 heavy (non-hydrogen) atoms. The molecule has 0 N–H and O–H groups in total. The number of hydrogen-bond acceptors (Lipinski definition) is 5. The number of halogens is 7. The van der Waals surface area contributed by atoms with E-state index >= 15 is 0 Å². The fourth-order valence-corrected chi connectivity index (χ4v) is 8.88. The molecule has 2 amide bonds. The third-order valence-corrected chi connectivity index (χ3v) is 12.0. The Kier molecular flexibility index (Phi) is 11.6. The molecule has 2 atom stereocenters. The molecule has 3 aromatic carbocycles. The van der Waals surface area contributed by atoms with Gasteiger partial charge in [0, 0.05) is 51.6 Å². The summed E-state index contributed by atoms with van der Waals surface area (Å²) in [5, 5.41) is -0.834. The van der Waals surface area contributed by atoms with Crippen LogP contribution in [0.4, 0.5) is 35.5 Å². The van der Waals surface area contributed by atoms with Crippen molar-refractivity contribution in [3.05, 3.63) is 106 Å². The van der Waals surface area contributed by atoms with E-state index in [1.54, 1.807) is 6.92 Å². The van der Waals surface area contributed by atoms with Crippen molar-refractivity contribution in [1.29, 1.82) is 0 Å². The van der Waals surface area contributed by atoms with E-state index in [-0.39, 0.29) is 63.7 Å². The lowest BCUT2D eigenvalue weighted by Gasteiger charge is -2.41. The van der Waals surface area contributed by atoms with Gasteiger partial charge < -0.3 is 14.5 Å². The molecular formula is C36H38F7N3O5S. The van der Waals surface area contributed by atoms with Crippen LogP contribution in [0.2, 0.25) is 0 Å². The first-order chi connectivity index (χ1) is 24.3. The summed E-state index contributed by atoms with van der Waals surface area (Å²) in [6.45, 7) is 1.13. The standard InChI is InChI=1S/C36H38F7N3O5S/c1-23-16-28(37)8-9-30(23)32-21-46(52(49,50)29-10-13-45(14-11-29)34(48)51-22-24-6-4-3-5-7-24)15-12-31(32)33(47)44(2)20-25-17-26(35(38,39)40)19-27(18-25)36(41,42)43/h3-9,16-19,29,31-32H,10-15,20-22H2,1-2H3/t31-,32+/m1/s1. The highest BCUT2D eigenvalue weighted by atomic mass is 32.2. The van der Waals surface area contributed by atoms with Crippen molar-refractivity contribution in [2.45, 2.75) is 62.9 Å². The van der Waals surface area contributed by atoms with Gasteiger partial charge in [-0.05, 0) is 78.8 Å². The summed E-state index contributed by atoms with van der Waals surface area (Å²) in [6.07, 6.45) is -10.4. The Bertz CT molecular complexity index is 1830. The predicted octanol–water partition coefficient (Wildman–Crippen LogP) is 7.37. The molecule has 0 aliphatic carbocycles. The van der Waals surface area contributed by atoms with Crippen molar-refractivity contribution in [1.82, 2.24) is 14.1 Å². The van der Waals surface area contributed by atoms with Crippen molar-refractivity contribution in [3.63, 3.8) is 0 Å². The molecule has 2 aliphatic heterocycles. The summed E-state index contributed by atoms with van der Waals surface area (Å²) in [5.74, 6) is -2.89. The number of sulfonamides is 1. The fraction of sp³-hybridized carbons (Fsp3) is 0.444. The van der Waals surface area contributed by atoms with Gasteiger partial charge in [0.05, 0.1) is 16.4 Å². The lowest BCUT2D eigenvalue weighted by atomic mass is 9.79. The summed E-state index contributed by atoms with van der Waals surface area (Å²) in [5.41, 5.74) is -1.67. The minimum Gasteiger partial charge on any atom is -0.445 e. The van der Waals surface area contributed by atoms with Crippen LogP contribution in [0.3, 0.4) is 0 Å².